The van der Waals surface area contributed by atoms with E-state index in [0.717, 1.165) is 5.56 Å². The van der Waals surface area contributed by atoms with Crippen LogP contribution < -0.4 is 20.1 Å². The van der Waals surface area contributed by atoms with Crippen LogP contribution in [0.4, 0.5) is 10.5 Å². The lowest BCUT2D eigenvalue weighted by Gasteiger charge is -2.28. The minimum Gasteiger partial charge on any atom is -0.450 e. The van der Waals surface area contributed by atoms with Crippen molar-refractivity contribution in [1.82, 2.24) is 5.32 Å². The average molecular weight is 440 g/mol. The quantitative estimate of drug-likeness (QED) is 0.349. The summed E-state index contributed by atoms with van der Waals surface area (Å²) in [5, 5.41) is 2.66. The lowest BCUT2D eigenvalue weighted by atomic mass is 10.1. The number of para-hydroxylation sites is 2. The van der Waals surface area contributed by atoms with Crippen LogP contribution in [0.15, 0.2) is 84.9 Å². The van der Waals surface area contributed by atoms with Crippen molar-refractivity contribution in [3.8, 4) is 11.5 Å². The lowest BCUT2D eigenvalue weighted by molar-refractivity contribution is 0.149. The number of amides is 1. The molecule has 7 nitrogen and oxygen atoms in total. The second-order valence-corrected chi connectivity index (χ2v) is 8.74. The number of nitrogen functional groups attached to an aromatic ring is 1. The number of hydrogen-bond donors (Lipinski definition) is 2. The second-order valence-electron chi connectivity index (χ2n) is 6.67. The maximum absolute atomic E-state index is 14.1. The zero-order chi connectivity index (χ0) is 22.1. The van der Waals surface area contributed by atoms with E-state index in [1.807, 2.05) is 12.1 Å². The van der Waals surface area contributed by atoms with Gasteiger partial charge in [0.25, 0.3) is 0 Å². The average Bonchev–Trinajstić information content (AvgIpc) is 2.76. The number of benzene rings is 3. The van der Waals surface area contributed by atoms with E-state index in [-0.39, 0.29) is 13.0 Å². The molecule has 3 rings (SSSR count). The molecule has 3 aromatic carbocycles. The molecule has 0 saturated carbocycles. The van der Waals surface area contributed by atoms with Crippen molar-refractivity contribution in [1.29, 1.82) is 0 Å². The van der Waals surface area contributed by atoms with Gasteiger partial charge in [0.1, 0.15) is 11.5 Å². The van der Waals surface area contributed by atoms with E-state index in [9.17, 15) is 9.36 Å². The largest absolute Gasteiger partial charge is 0.453 e. The third-order valence-electron chi connectivity index (χ3n) is 4.30. The summed E-state index contributed by atoms with van der Waals surface area (Å²) >= 11 is 0. The molecule has 3 aromatic rings. The summed E-state index contributed by atoms with van der Waals surface area (Å²) in [5.41, 5.74) is 7.17. The van der Waals surface area contributed by atoms with Crippen LogP contribution >= 0.6 is 7.60 Å². The normalized spacial score (nSPS) is 11.9. The Morgan fingerprint density at radius 1 is 0.903 bits per heavy atom. The minimum atomic E-state index is -3.97. The molecule has 31 heavy (non-hydrogen) atoms. The number of nitrogens with two attached hydrogens (primary N) is 1. The molecule has 3 N–H and O–H groups in total. The Hall–Kier alpha value is -3.44. The van der Waals surface area contributed by atoms with Crippen molar-refractivity contribution in [3.63, 3.8) is 0 Å². The van der Waals surface area contributed by atoms with Gasteiger partial charge in [0.2, 0.25) is 0 Å². The van der Waals surface area contributed by atoms with Gasteiger partial charge in [0, 0.05) is 12.1 Å². The van der Waals surface area contributed by atoms with Gasteiger partial charge in [0.15, 0.2) is 5.78 Å². The van der Waals surface area contributed by atoms with Crippen LogP contribution in [0, 0.1) is 0 Å². The highest BCUT2D eigenvalue weighted by atomic mass is 31.2. The Labute approximate surface area is 181 Å². The van der Waals surface area contributed by atoms with E-state index in [1.165, 1.54) is 0 Å². The Morgan fingerprint density at radius 2 is 1.42 bits per heavy atom. The van der Waals surface area contributed by atoms with Crippen molar-refractivity contribution in [2.24, 2.45) is 0 Å². The number of hydrogen-bond acceptors (Lipinski definition) is 6. The van der Waals surface area contributed by atoms with Crippen LogP contribution in [0.3, 0.4) is 0 Å². The number of ether oxygens (including phenoxy) is 1. The number of rotatable bonds is 9. The van der Waals surface area contributed by atoms with Gasteiger partial charge in [-0.3, -0.25) is 0 Å². The Morgan fingerprint density at radius 3 is 1.90 bits per heavy atom. The van der Waals surface area contributed by atoms with Crippen molar-refractivity contribution in [2.75, 3.05) is 12.3 Å². The van der Waals surface area contributed by atoms with Gasteiger partial charge >= 0.3 is 13.7 Å². The number of carbonyl (C=O) groups is 1. The summed E-state index contributed by atoms with van der Waals surface area (Å²) in [7, 11) is -3.97. The van der Waals surface area contributed by atoms with Gasteiger partial charge in [-0.15, -0.1) is 0 Å². The zero-order valence-corrected chi connectivity index (χ0v) is 18.0. The van der Waals surface area contributed by atoms with E-state index in [1.54, 1.807) is 79.7 Å². The van der Waals surface area contributed by atoms with Gasteiger partial charge < -0.3 is 24.8 Å². The molecular formula is C23H25N2O5P. The highest BCUT2D eigenvalue weighted by Gasteiger charge is 2.41. The maximum atomic E-state index is 14.1. The third kappa shape index (κ3) is 6.52. The van der Waals surface area contributed by atoms with Gasteiger partial charge in [-0.1, -0.05) is 48.5 Å². The molecule has 0 heterocycles. The highest BCUT2D eigenvalue weighted by Crippen LogP contribution is 2.53. The number of anilines is 1. The molecule has 1 unspecified atom stereocenters. The van der Waals surface area contributed by atoms with Crippen LogP contribution in [0.25, 0.3) is 0 Å². The Balaban J connectivity index is 1.97. The molecule has 0 bridgehead atoms. The molecule has 0 radical (unpaired) electrons. The topological polar surface area (TPSA) is 99.9 Å². The molecule has 0 fully saturated rings. The molecule has 0 aliphatic heterocycles. The number of nitrogens with one attached hydrogen (secondary N) is 1. The predicted molar refractivity (Wildman–Crippen MR) is 120 cm³/mol. The first-order valence-corrected chi connectivity index (χ1v) is 11.5. The summed E-state index contributed by atoms with van der Waals surface area (Å²) in [6.07, 6.45) is -0.535. The van der Waals surface area contributed by atoms with Crippen LogP contribution in [-0.2, 0) is 15.7 Å². The smallest absolute Gasteiger partial charge is 0.450 e. The Kier molecular flexibility index (Phi) is 7.57. The van der Waals surface area contributed by atoms with Crippen LogP contribution in [-0.4, -0.2) is 18.5 Å². The summed E-state index contributed by atoms with van der Waals surface area (Å²) < 4.78 is 30.9. The van der Waals surface area contributed by atoms with Crippen molar-refractivity contribution in [2.45, 2.75) is 19.1 Å². The monoisotopic (exact) mass is 440 g/mol. The van der Waals surface area contributed by atoms with E-state index in [0.29, 0.717) is 17.2 Å². The van der Waals surface area contributed by atoms with Crippen LogP contribution in [0.1, 0.15) is 12.5 Å². The zero-order valence-electron chi connectivity index (χ0n) is 17.1. The van der Waals surface area contributed by atoms with E-state index >= 15 is 0 Å². The molecule has 1 atom stereocenters. The fourth-order valence-corrected chi connectivity index (χ4v) is 4.65. The molecule has 1 amide bonds. The van der Waals surface area contributed by atoms with E-state index in [2.05, 4.69) is 5.32 Å². The van der Waals surface area contributed by atoms with Gasteiger partial charge in [-0.25, -0.2) is 9.36 Å². The molecule has 0 aromatic heterocycles. The molecule has 0 aliphatic rings. The first kappa shape index (κ1) is 22.2. The summed E-state index contributed by atoms with van der Waals surface area (Å²) in [5.74, 6) is -0.306. The first-order chi connectivity index (χ1) is 15.0. The molecule has 0 aliphatic carbocycles. The highest BCUT2D eigenvalue weighted by molar-refractivity contribution is 7.55. The fraction of sp³-hybridized carbons (Fsp3) is 0.174. The van der Waals surface area contributed by atoms with Crippen molar-refractivity contribution >= 4 is 19.4 Å². The summed E-state index contributed by atoms with van der Waals surface area (Å²) in [6.45, 7) is 1.86. The van der Waals surface area contributed by atoms with Crippen molar-refractivity contribution < 1.29 is 23.1 Å². The first-order valence-electron chi connectivity index (χ1n) is 9.85. The lowest BCUT2D eigenvalue weighted by Crippen LogP contribution is -2.39. The molecule has 162 valence electrons. The second kappa shape index (κ2) is 10.5. The SMILES string of the molecule is CCOC(=O)NC(Cc1ccc(N)cc1)P(=O)(Oc1ccccc1)Oc1ccccc1. The third-order valence-corrected chi connectivity index (χ3v) is 6.31. The van der Waals surface area contributed by atoms with Gasteiger partial charge in [-0.05, 0) is 48.9 Å². The Bertz CT molecular complexity index is 968. The van der Waals surface area contributed by atoms with Crippen LogP contribution in [0.5, 0.6) is 11.5 Å². The van der Waals surface area contributed by atoms with Crippen molar-refractivity contribution in [3.05, 3.63) is 90.5 Å². The number of carbonyl (C=O) groups excluding carboxylic acids is 1. The number of alkyl carbamates (subject to hydrolysis) is 1. The van der Waals surface area contributed by atoms with Crippen LogP contribution in [0.2, 0.25) is 0 Å². The predicted octanol–water partition coefficient (Wildman–Crippen LogP) is 5.23. The standard InChI is InChI=1S/C23H25N2O5P/c1-2-28-23(26)25-22(17-18-13-15-19(24)16-14-18)31(27,29-20-9-5-3-6-10-20)30-21-11-7-4-8-12-21/h3-16,22H,2,17,24H2,1H3,(H,25,26). The summed E-state index contributed by atoms with van der Waals surface area (Å²) in [4.78, 5) is 12.3. The minimum absolute atomic E-state index is 0.170. The van der Waals surface area contributed by atoms with Gasteiger partial charge in [-0.2, -0.15) is 0 Å². The molecule has 8 heteroatoms. The van der Waals surface area contributed by atoms with Gasteiger partial charge in [0.05, 0.1) is 6.61 Å². The van der Waals surface area contributed by atoms with E-state index in [4.69, 9.17) is 19.5 Å². The van der Waals surface area contributed by atoms with E-state index < -0.39 is 19.5 Å². The maximum Gasteiger partial charge on any atom is 0.453 e. The summed E-state index contributed by atoms with van der Waals surface area (Å²) in [6, 6.07) is 24.4. The fourth-order valence-electron chi connectivity index (χ4n) is 2.83. The molecule has 0 spiro atoms. The molecular weight excluding hydrogens is 415 g/mol. The molecule has 0 saturated heterocycles.